The lowest BCUT2D eigenvalue weighted by molar-refractivity contribution is 0.373. The Balaban J connectivity index is 2.42. The SMILES string of the molecule is C/C=C/CCNCc1ccc(O)c(OC)c1. The second-order valence-corrected chi connectivity index (χ2v) is 3.54. The highest BCUT2D eigenvalue weighted by molar-refractivity contribution is 5.41. The van der Waals surface area contributed by atoms with Crippen molar-refractivity contribution >= 4 is 0 Å². The Bertz CT molecular complexity index is 348. The summed E-state index contributed by atoms with van der Waals surface area (Å²) in [5.41, 5.74) is 1.11. The first-order chi connectivity index (χ1) is 7.77. The Hall–Kier alpha value is -1.48. The van der Waals surface area contributed by atoms with Gasteiger partial charge in [0.05, 0.1) is 7.11 Å². The normalized spacial score (nSPS) is 10.9. The molecule has 0 fully saturated rings. The first-order valence-corrected chi connectivity index (χ1v) is 5.45. The van der Waals surface area contributed by atoms with Gasteiger partial charge in [-0.05, 0) is 37.6 Å². The van der Waals surface area contributed by atoms with Gasteiger partial charge in [-0.2, -0.15) is 0 Å². The van der Waals surface area contributed by atoms with Crippen LogP contribution in [0.5, 0.6) is 11.5 Å². The van der Waals surface area contributed by atoms with Gasteiger partial charge in [-0.15, -0.1) is 0 Å². The van der Waals surface area contributed by atoms with Crippen LogP contribution in [0.15, 0.2) is 30.4 Å². The fraction of sp³-hybridized carbons (Fsp3) is 0.385. The third-order valence-electron chi connectivity index (χ3n) is 2.30. The predicted molar refractivity (Wildman–Crippen MR) is 65.8 cm³/mol. The number of hydrogen-bond acceptors (Lipinski definition) is 3. The molecule has 1 aromatic rings. The summed E-state index contributed by atoms with van der Waals surface area (Å²) in [7, 11) is 1.55. The first-order valence-electron chi connectivity index (χ1n) is 5.45. The van der Waals surface area contributed by atoms with E-state index in [0.29, 0.717) is 5.75 Å². The Morgan fingerprint density at radius 3 is 2.94 bits per heavy atom. The Kier molecular flexibility index (Phi) is 5.43. The average Bonchev–Trinajstić information content (AvgIpc) is 2.31. The fourth-order valence-electron chi connectivity index (χ4n) is 1.42. The standard InChI is InChI=1S/C13H19NO2/c1-3-4-5-8-14-10-11-6-7-12(15)13(9-11)16-2/h3-4,6-7,9,14-15H,5,8,10H2,1-2H3/b4-3+. The Morgan fingerprint density at radius 1 is 1.44 bits per heavy atom. The first kappa shape index (κ1) is 12.6. The highest BCUT2D eigenvalue weighted by Crippen LogP contribution is 2.25. The molecular formula is C13H19NO2. The lowest BCUT2D eigenvalue weighted by Crippen LogP contribution is -2.13. The molecule has 0 radical (unpaired) electrons. The number of aromatic hydroxyl groups is 1. The van der Waals surface area contributed by atoms with E-state index in [2.05, 4.69) is 11.4 Å². The molecule has 0 aliphatic heterocycles. The fourth-order valence-corrected chi connectivity index (χ4v) is 1.42. The van der Waals surface area contributed by atoms with Crippen molar-refractivity contribution in [2.75, 3.05) is 13.7 Å². The minimum absolute atomic E-state index is 0.181. The van der Waals surface area contributed by atoms with Gasteiger partial charge >= 0.3 is 0 Å². The molecule has 0 spiro atoms. The van der Waals surface area contributed by atoms with E-state index in [9.17, 15) is 5.11 Å². The van der Waals surface area contributed by atoms with Crippen LogP contribution in [-0.2, 0) is 6.54 Å². The number of phenolic OH excluding ortho intramolecular Hbond substituents is 1. The lowest BCUT2D eigenvalue weighted by atomic mass is 10.2. The number of methoxy groups -OCH3 is 1. The maximum absolute atomic E-state index is 9.42. The van der Waals surface area contributed by atoms with E-state index < -0.39 is 0 Å². The number of ether oxygens (including phenoxy) is 1. The molecular weight excluding hydrogens is 202 g/mol. The van der Waals surface area contributed by atoms with Crippen molar-refractivity contribution in [1.82, 2.24) is 5.32 Å². The van der Waals surface area contributed by atoms with Crippen LogP contribution in [0, 0.1) is 0 Å². The Morgan fingerprint density at radius 2 is 2.25 bits per heavy atom. The van der Waals surface area contributed by atoms with Gasteiger partial charge in [0, 0.05) is 6.54 Å². The number of hydrogen-bond donors (Lipinski definition) is 2. The maximum Gasteiger partial charge on any atom is 0.160 e. The summed E-state index contributed by atoms with van der Waals surface area (Å²) >= 11 is 0. The molecule has 0 unspecified atom stereocenters. The van der Waals surface area contributed by atoms with E-state index in [-0.39, 0.29) is 5.75 Å². The molecule has 3 nitrogen and oxygen atoms in total. The quantitative estimate of drug-likeness (QED) is 0.572. The number of benzene rings is 1. The molecule has 88 valence electrons. The second-order valence-electron chi connectivity index (χ2n) is 3.54. The van der Waals surface area contributed by atoms with E-state index in [1.54, 1.807) is 13.2 Å². The third kappa shape index (κ3) is 3.95. The minimum Gasteiger partial charge on any atom is -0.504 e. The summed E-state index contributed by atoms with van der Waals surface area (Å²) < 4.78 is 5.04. The Labute approximate surface area is 96.8 Å². The number of rotatable bonds is 6. The molecule has 1 aromatic carbocycles. The zero-order valence-corrected chi connectivity index (χ0v) is 9.86. The third-order valence-corrected chi connectivity index (χ3v) is 2.30. The largest absolute Gasteiger partial charge is 0.504 e. The van der Waals surface area contributed by atoms with Crippen molar-refractivity contribution in [3.05, 3.63) is 35.9 Å². The molecule has 1 rings (SSSR count). The topological polar surface area (TPSA) is 41.5 Å². The van der Waals surface area contributed by atoms with Gasteiger partial charge in [-0.3, -0.25) is 0 Å². The van der Waals surface area contributed by atoms with Gasteiger partial charge in [-0.25, -0.2) is 0 Å². The van der Waals surface area contributed by atoms with Gasteiger partial charge < -0.3 is 15.2 Å². The van der Waals surface area contributed by atoms with Crippen LogP contribution in [0.2, 0.25) is 0 Å². The highest BCUT2D eigenvalue weighted by atomic mass is 16.5. The summed E-state index contributed by atoms with van der Waals surface area (Å²) in [5, 5.41) is 12.7. The van der Waals surface area contributed by atoms with E-state index in [1.165, 1.54) is 0 Å². The maximum atomic E-state index is 9.42. The zero-order valence-electron chi connectivity index (χ0n) is 9.86. The smallest absolute Gasteiger partial charge is 0.160 e. The molecule has 0 bridgehead atoms. The van der Waals surface area contributed by atoms with Crippen LogP contribution >= 0.6 is 0 Å². The lowest BCUT2D eigenvalue weighted by Gasteiger charge is -2.07. The minimum atomic E-state index is 0.181. The van der Waals surface area contributed by atoms with Gasteiger partial charge in [0.25, 0.3) is 0 Å². The van der Waals surface area contributed by atoms with Gasteiger partial charge in [0.2, 0.25) is 0 Å². The van der Waals surface area contributed by atoms with Crippen molar-refractivity contribution in [2.45, 2.75) is 19.9 Å². The molecule has 0 saturated heterocycles. The summed E-state index contributed by atoms with van der Waals surface area (Å²) in [6.45, 7) is 3.76. The van der Waals surface area contributed by atoms with Crippen molar-refractivity contribution in [3.8, 4) is 11.5 Å². The van der Waals surface area contributed by atoms with Gasteiger partial charge in [0.15, 0.2) is 11.5 Å². The molecule has 0 saturated carbocycles. The summed E-state index contributed by atoms with van der Waals surface area (Å²) in [6.07, 6.45) is 5.21. The van der Waals surface area contributed by atoms with Crippen LogP contribution in [0.1, 0.15) is 18.9 Å². The van der Waals surface area contributed by atoms with Crippen LogP contribution in [-0.4, -0.2) is 18.8 Å². The van der Waals surface area contributed by atoms with E-state index in [4.69, 9.17) is 4.74 Å². The average molecular weight is 221 g/mol. The van der Waals surface area contributed by atoms with E-state index in [1.807, 2.05) is 25.1 Å². The molecule has 2 N–H and O–H groups in total. The van der Waals surface area contributed by atoms with Gasteiger partial charge in [-0.1, -0.05) is 18.2 Å². The molecule has 3 heteroatoms. The van der Waals surface area contributed by atoms with Crippen LogP contribution in [0.3, 0.4) is 0 Å². The summed E-state index contributed by atoms with van der Waals surface area (Å²) in [4.78, 5) is 0. The van der Waals surface area contributed by atoms with E-state index in [0.717, 1.165) is 25.1 Å². The van der Waals surface area contributed by atoms with Crippen molar-refractivity contribution < 1.29 is 9.84 Å². The van der Waals surface area contributed by atoms with Gasteiger partial charge in [0.1, 0.15) is 0 Å². The molecule has 0 aromatic heterocycles. The monoisotopic (exact) mass is 221 g/mol. The van der Waals surface area contributed by atoms with Crippen molar-refractivity contribution in [1.29, 1.82) is 0 Å². The zero-order chi connectivity index (χ0) is 11.8. The number of nitrogens with one attached hydrogen (secondary N) is 1. The molecule has 0 atom stereocenters. The highest BCUT2D eigenvalue weighted by Gasteiger charge is 2.01. The van der Waals surface area contributed by atoms with E-state index >= 15 is 0 Å². The number of phenols is 1. The molecule has 16 heavy (non-hydrogen) atoms. The van der Waals surface area contributed by atoms with Crippen LogP contribution < -0.4 is 10.1 Å². The molecule has 0 aliphatic rings. The summed E-state index contributed by atoms with van der Waals surface area (Å²) in [5.74, 6) is 0.702. The predicted octanol–water partition coefficient (Wildman–Crippen LogP) is 2.46. The van der Waals surface area contributed by atoms with Crippen LogP contribution in [0.4, 0.5) is 0 Å². The number of allylic oxidation sites excluding steroid dienone is 1. The second kappa shape index (κ2) is 6.90. The summed E-state index contributed by atoms with van der Waals surface area (Å²) in [6, 6.07) is 5.39. The molecule has 0 heterocycles. The van der Waals surface area contributed by atoms with Crippen LogP contribution in [0.25, 0.3) is 0 Å². The van der Waals surface area contributed by atoms with Crippen molar-refractivity contribution in [3.63, 3.8) is 0 Å². The molecule has 0 aliphatic carbocycles. The van der Waals surface area contributed by atoms with Crippen molar-refractivity contribution in [2.24, 2.45) is 0 Å². The molecule has 0 amide bonds.